The van der Waals surface area contributed by atoms with E-state index in [2.05, 4.69) is 15.0 Å². The lowest BCUT2D eigenvalue weighted by Gasteiger charge is -2.40. The molecule has 1 saturated heterocycles. The third kappa shape index (κ3) is 11.2. The maximum atomic E-state index is 12.5. The van der Waals surface area contributed by atoms with Crippen LogP contribution in [0.15, 0.2) is 56.2 Å². The Morgan fingerprint density at radius 1 is 0.730 bits per heavy atom. The number of hydrogen-bond acceptors (Lipinski definition) is 7. The van der Waals surface area contributed by atoms with Crippen LogP contribution >= 0.6 is 0 Å². The fraction of sp³-hybridized carbons (Fsp3) is 0.520. The predicted molar refractivity (Wildman–Crippen MR) is 141 cm³/mol. The Balaban J connectivity index is 0.000000481. The second-order valence-electron chi connectivity index (χ2n) is 8.00. The number of carbonyl (C=O) groups excluding carboxylic acids is 3. The summed E-state index contributed by atoms with van der Waals surface area (Å²) >= 11 is 0. The number of aromatic nitrogens is 6. The van der Waals surface area contributed by atoms with Crippen molar-refractivity contribution in [2.24, 2.45) is 0 Å². The second-order valence-corrected chi connectivity index (χ2v) is 8.00. The van der Waals surface area contributed by atoms with Gasteiger partial charge >= 0.3 is 0 Å². The van der Waals surface area contributed by atoms with Gasteiger partial charge in [-0.2, -0.15) is 0 Å². The maximum absolute atomic E-state index is 12.5. The van der Waals surface area contributed by atoms with Crippen LogP contribution in [0.25, 0.3) is 0 Å². The van der Waals surface area contributed by atoms with E-state index >= 15 is 0 Å². The van der Waals surface area contributed by atoms with Crippen LogP contribution in [-0.4, -0.2) is 88.5 Å². The molecule has 0 radical (unpaired) electrons. The first-order valence-electron chi connectivity index (χ1n) is 12.1. The van der Waals surface area contributed by atoms with Gasteiger partial charge in [0.05, 0.1) is 39.0 Å². The number of carbonyl (C=O) groups is 3. The highest BCUT2D eigenvalue weighted by molar-refractivity contribution is 5.79. The van der Waals surface area contributed by atoms with E-state index in [4.69, 9.17) is 0 Å². The van der Waals surface area contributed by atoms with Gasteiger partial charge in [-0.3, -0.25) is 14.5 Å². The van der Waals surface area contributed by atoms with Crippen molar-refractivity contribution in [2.45, 2.75) is 60.2 Å². The molecule has 1 aliphatic rings. The minimum absolute atomic E-state index is 0. The van der Waals surface area contributed by atoms with E-state index in [1.807, 2.05) is 58.1 Å². The van der Waals surface area contributed by atoms with Gasteiger partial charge in [0.2, 0.25) is 11.8 Å². The molecule has 12 nitrogen and oxygen atoms in total. The van der Waals surface area contributed by atoms with Crippen LogP contribution < -0.4 is 0 Å². The molecule has 4 heterocycles. The van der Waals surface area contributed by atoms with E-state index < -0.39 is 0 Å². The second kappa shape index (κ2) is 17.6. The van der Waals surface area contributed by atoms with E-state index in [0.717, 1.165) is 12.8 Å². The maximum Gasteiger partial charge on any atom is 0.226 e. The molecule has 0 aromatic carbocycles. The number of aryl methyl sites for hydroxylation is 3. The third-order valence-electron chi connectivity index (χ3n) is 5.22. The lowest BCUT2D eigenvalue weighted by molar-refractivity contribution is -0.151. The first kappa shape index (κ1) is 31.2. The molecule has 37 heavy (non-hydrogen) atoms. The molecule has 4 rings (SSSR count). The molecule has 0 spiro atoms. The Hall–Kier alpha value is -3.80. The molecule has 0 bridgehead atoms. The fourth-order valence-corrected chi connectivity index (χ4v) is 3.46. The van der Waals surface area contributed by atoms with Crippen LogP contribution in [0.5, 0.6) is 0 Å². The molecule has 3 aromatic heterocycles. The van der Waals surface area contributed by atoms with Crippen molar-refractivity contribution in [3.8, 4) is 0 Å². The smallest absolute Gasteiger partial charge is 0.226 e. The summed E-state index contributed by atoms with van der Waals surface area (Å²) in [5.74, 6) is 0.0697. The molecule has 0 aliphatic carbocycles. The minimum atomic E-state index is 0. The molecular formula is C25H41N9O3. The SMILES string of the molecule is C.CC.CN1CN(C(=O)CCn2ccnc2)CN(C(=O)CCn2ccnc2)C1.O=CCCn1ccnc1. The summed E-state index contributed by atoms with van der Waals surface area (Å²) in [7, 11) is 1.91. The third-order valence-corrected chi connectivity index (χ3v) is 5.22. The highest BCUT2D eigenvalue weighted by Gasteiger charge is 2.27. The summed E-state index contributed by atoms with van der Waals surface area (Å²) in [5, 5.41) is 0. The minimum Gasteiger partial charge on any atom is -0.337 e. The van der Waals surface area contributed by atoms with Crippen molar-refractivity contribution in [3.05, 3.63) is 56.2 Å². The molecule has 1 fully saturated rings. The summed E-state index contributed by atoms with van der Waals surface area (Å²) in [6.07, 6.45) is 17.9. The van der Waals surface area contributed by atoms with E-state index in [1.165, 1.54) is 0 Å². The monoisotopic (exact) mass is 515 g/mol. The van der Waals surface area contributed by atoms with Gasteiger partial charge in [0, 0.05) is 76.1 Å². The van der Waals surface area contributed by atoms with Gasteiger partial charge in [-0.25, -0.2) is 15.0 Å². The van der Waals surface area contributed by atoms with Gasteiger partial charge in [-0.15, -0.1) is 0 Å². The van der Waals surface area contributed by atoms with Crippen molar-refractivity contribution >= 4 is 18.1 Å². The zero-order valence-corrected chi connectivity index (χ0v) is 21.4. The molecule has 0 atom stereocenters. The summed E-state index contributed by atoms with van der Waals surface area (Å²) in [6, 6.07) is 0. The molecule has 0 unspecified atom stereocenters. The molecule has 1 aliphatic heterocycles. The van der Waals surface area contributed by atoms with Crippen LogP contribution in [0, 0.1) is 0 Å². The van der Waals surface area contributed by atoms with Crippen LogP contribution in [0.2, 0.25) is 0 Å². The van der Waals surface area contributed by atoms with Gasteiger partial charge in [-0.1, -0.05) is 21.3 Å². The molecular weight excluding hydrogens is 474 g/mol. The zero-order valence-electron chi connectivity index (χ0n) is 21.4. The predicted octanol–water partition coefficient (Wildman–Crippen LogP) is 2.17. The number of amides is 2. The van der Waals surface area contributed by atoms with Crippen molar-refractivity contribution < 1.29 is 14.4 Å². The lowest BCUT2D eigenvalue weighted by Crippen LogP contribution is -2.57. The van der Waals surface area contributed by atoms with Crippen molar-refractivity contribution in [2.75, 3.05) is 27.1 Å². The van der Waals surface area contributed by atoms with Crippen LogP contribution in [0.4, 0.5) is 0 Å². The standard InChI is InChI=1S/C16H23N7O2.C6H8N2O.C2H6.CH4/c1-19-12-22(15(24)2-6-20-8-4-17-10-20)14-23(13-19)16(25)3-7-21-9-5-18-11-21;9-5-1-3-8-4-2-7-6-8;1-2;/h4-5,8-11H,2-3,6-7,12-14H2,1H3;2,4-6H,1,3H2;1-2H3;1H4. The molecule has 204 valence electrons. The Kier molecular flexibility index (Phi) is 14.9. The summed E-state index contributed by atoms with van der Waals surface area (Å²) < 4.78 is 5.62. The molecule has 0 saturated carbocycles. The number of hydrogen-bond donors (Lipinski definition) is 0. The van der Waals surface area contributed by atoms with Crippen molar-refractivity contribution in [1.82, 2.24) is 43.4 Å². The zero-order chi connectivity index (χ0) is 26.2. The van der Waals surface area contributed by atoms with Crippen LogP contribution in [0.1, 0.15) is 40.5 Å². The molecule has 3 aromatic rings. The fourth-order valence-electron chi connectivity index (χ4n) is 3.46. The van der Waals surface area contributed by atoms with Crippen LogP contribution in [0.3, 0.4) is 0 Å². The van der Waals surface area contributed by atoms with Gasteiger partial charge in [0.25, 0.3) is 0 Å². The quantitative estimate of drug-likeness (QED) is 0.401. The molecule has 2 amide bonds. The van der Waals surface area contributed by atoms with Crippen LogP contribution in [-0.2, 0) is 34.0 Å². The van der Waals surface area contributed by atoms with Crippen molar-refractivity contribution in [3.63, 3.8) is 0 Å². The number of nitrogens with zero attached hydrogens (tertiary/aromatic N) is 9. The van der Waals surface area contributed by atoms with E-state index in [-0.39, 0.29) is 19.2 Å². The Bertz CT molecular complexity index is 931. The van der Waals surface area contributed by atoms with Gasteiger partial charge < -0.3 is 28.3 Å². The van der Waals surface area contributed by atoms with Crippen molar-refractivity contribution in [1.29, 1.82) is 0 Å². The van der Waals surface area contributed by atoms with Gasteiger partial charge in [0.1, 0.15) is 6.29 Å². The average Bonchev–Trinajstić information content (AvgIpc) is 3.70. The van der Waals surface area contributed by atoms with Gasteiger partial charge in [0.15, 0.2) is 0 Å². The van der Waals surface area contributed by atoms with E-state index in [0.29, 0.717) is 52.4 Å². The topological polar surface area (TPSA) is 114 Å². The highest BCUT2D eigenvalue weighted by atomic mass is 16.2. The van der Waals surface area contributed by atoms with E-state index in [1.54, 1.807) is 47.4 Å². The number of imidazole rings is 3. The average molecular weight is 516 g/mol. The number of aldehydes is 1. The first-order valence-corrected chi connectivity index (χ1v) is 12.1. The Morgan fingerprint density at radius 3 is 1.49 bits per heavy atom. The summed E-state index contributed by atoms with van der Waals surface area (Å²) in [6.45, 7) is 7.34. The Labute approximate surface area is 219 Å². The normalized spacial score (nSPS) is 12.9. The summed E-state index contributed by atoms with van der Waals surface area (Å²) in [4.78, 5) is 52.0. The summed E-state index contributed by atoms with van der Waals surface area (Å²) in [5.41, 5.74) is 0. The van der Waals surface area contributed by atoms with E-state index in [9.17, 15) is 14.4 Å². The first-order chi connectivity index (χ1) is 17.5. The number of rotatable bonds is 9. The highest BCUT2D eigenvalue weighted by Crippen LogP contribution is 2.10. The largest absolute Gasteiger partial charge is 0.337 e. The van der Waals surface area contributed by atoms with Gasteiger partial charge in [-0.05, 0) is 7.05 Å². The lowest BCUT2D eigenvalue weighted by atomic mass is 10.3. The molecule has 12 heteroatoms. The molecule has 0 N–H and O–H groups in total. The Morgan fingerprint density at radius 2 is 1.14 bits per heavy atom.